The van der Waals surface area contributed by atoms with Gasteiger partial charge in [-0.05, 0) is 18.6 Å². The average Bonchev–Trinajstić information content (AvgIpc) is 2.24. The number of halogens is 1. The number of rotatable bonds is 5. The lowest BCUT2D eigenvalue weighted by atomic mass is 10.2. The smallest absolute Gasteiger partial charge is 0.217 e. The molecular weight excluding hydrogens is 228 g/mol. The second-order valence-electron chi connectivity index (χ2n) is 3.17. The molecule has 0 heterocycles. The first kappa shape index (κ1) is 12.3. The number of ether oxygens (including phenoxy) is 1. The van der Waals surface area contributed by atoms with Crippen LogP contribution in [-0.4, -0.2) is 12.5 Å². The molecule has 1 amide bonds. The van der Waals surface area contributed by atoms with Crippen LogP contribution in [0.5, 0.6) is 5.75 Å². The zero-order chi connectivity index (χ0) is 12.0. The van der Waals surface area contributed by atoms with Crippen LogP contribution in [0.2, 0.25) is 5.02 Å². The highest BCUT2D eigenvalue weighted by Gasteiger charge is 2.02. The van der Waals surface area contributed by atoms with Crippen molar-refractivity contribution in [3.05, 3.63) is 28.8 Å². The van der Waals surface area contributed by atoms with E-state index in [-0.39, 0.29) is 5.91 Å². The molecule has 84 valence electrons. The molecule has 0 atom stereocenters. The van der Waals surface area contributed by atoms with Gasteiger partial charge in [0.2, 0.25) is 5.91 Å². The molecule has 0 aliphatic heterocycles. The van der Waals surface area contributed by atoms with Gasteiger partial charge in [0, 0.05) is 12.5 Å². The molecule has 1 aromatic rings. The van der Waals surface area contributed by atoms with E-state index in [1.807, 2.05) is 6.07 Å². The maximum absolute atomic E-state index is 10.5. The van der Waals surface area contributed by atoms with Gasteiger partial charge < -0.3 is 10.5 Å². The van der Waals surface area contributed by atoms with Crippen LogP contribution in [0.3, 0.4) is 0 Å². The van der Waals surface area contributed by atoms with Gasteiger partial charge in [-0.25, -0.2) is 0 Å². The summed E-state index contributed by atoms with van der Waals surface area (Å²) in [5.74, 6) is 0.231. The summed E-state index contributed by atoms with van der Waals surface area (Å²) < 4.78 is 5.34. The molecule has 0 fully saturated rings. The molecule has 0 unspecified atom stereocenters. The SMILES string of the molecule is N#Cc1ccc(OCCCC(N)=O)cc1Cl. The van der Waals surface area contributed by atoms with E-state index < -0.39 is 0 Å². The Hall–Kier alpha value is -1.73. The topological polar surface area (TPSA) is 76.1 Å². The van der Waals surface area contributed by atoms with Crippen molar-refractivity contribution in [1.29, 1.82) is 5.26 Å². The number of nitriles is 1. The highest BCUT2D eigenvalue weighted by molar-refractivity contribution is 6.31. The van der Waals surface area contributed by atoms with Gasteiger partial charge in [-0.3, -0.25) is 4.79 Å². The van der Waals surface area contributed by atoms with Crippen molar-refractivity contribution in [3.63, 3.8) is 0 Å². The molecule has 4 nitrogen and oxygen atoms in total. The normalized spacial score (nSPS) is 9.50. The van der Waals surface area contributed by atoms with Crippen LogP contribution < -0.4 is 10.5 Å². The van der Waals surface area contributed by atoms with E-state index in [2.05, 4.69) is 0 Å². The predicted octanol–water partition coefficient (Wildman–Crippen LogP) is 1.86. The zero-order valence-electron chi connectivity index (χ0n) is 8.57. The van der Waals surface area contributed by atoms with Crippen molar-refractivity contribution in [1.82, 2.24) is 0 Å². The Bertz CT molecular complexity index is 426. The van der Waals surface area contributed by atoms with Crippen molar-refractivity contribution in [2.75, 3.05) is 6.61 Å². The van der Waals surface area contributed by atoms with Gasteiger partial charge in [0.25, 0.3) is 0 Å². The largest absolute Gasteiger partial charge is 0.494 e. The number of benzene rings is 1. The van der Waals surface area contributed by atoms with E-state index in [0.717, 1.165) is 0 Å². The van der Waals surface area contributed by atoms with E-state index in [1.165, 1.54) is 0 Å². The second-order valence-corrected chi connectivity index (χ2v) is 3.58. The maximum atomic E-state index is 10.5. The minimum atomic E-state index is -0.346. The minimum absolute atomic E-state index is 0.296. The number of carbonyl (C=O) groups excluding carboxylic acids is 1. The summed E-state index contributed by atoms with van der Waals surface area (Å²) in [5, 5.41) is 9.01. The standard InChI is InChI=1S/C11H11ClN2O2/c12-10-6-9(4-3-8(10)7-13)16-5-1-2-11(14)15/h3-4,6H,1-2,5H2,(H2,14,15). The molecule has 2 N–H and O–H groups in total. The van der Waals surface area contributed by atoms with E-state index in [9.17, 15) is 4.79 Å². The third-order valence-corrected chi connectivity index (χ3v) is 2.21. The number of primary amides is 1. The fraction of sp³-hybridized carbons (Fsp3) is 0.273. The van der Waals surface area contributed by atoms with Crippen LogP contribution in [0.4, 0.5) is 0 Å². The van der Waals surface area contributed by atoms with Gasteiger partial charge in [-0.1, -0.05) is 11.6 Å². The number of nitrogens with two attached hydrogens (primary N) is 1. The Balaban J connectivity index is 2.47. The van der Waals surface area contributed by atoms with Gasteiger partial charge in [-0.2, -0.15) is 5.26 Å². The molecule has 0 saturated carbocycles. The number of amides is 1. The summed E-state index contributed by atoms with van der Waals surface area (Å²) in [6.07, 6.45) is 0.858. The number of hydrogen-bond acceptors (Lipinski definition) is 3. The van der Waals surface area contributed by atoms with Crippen molar-refractivity contribution in [2.45, 2.75) is 12.8 Å². The summed E-state index contributed by atoms with van der Waals surface area (Å²) >= 11 is 5.82. The van der Waals surface area contributed by atoms with Gasteiger partial charge in [0.05, 0.1) is 17.2 Å². The monoisotopic (exact) mass is 238 g/mol. The molecule has 0 aromatic heterocycles. The van der Waals surface area contributed by atoms with Crippen LogP contribution in [0.15, 0.2) is 18.2 Å². The lowest BCUT2D eigenvalue weighted by Gasteiger charge is -2.05. The number of carbonyl (C=O) groups is 1. The molecule has 0 radical (unpaired) electrons. The second kappa shape index (κ2) is 5.99. The van der Waals surface area contributed by atoms with E-state index in [4.69, 9.17) is 27.3 Å². The summed E-state index contributed by atoms with van der Waals surface area (Å²) in [6.45, 7) is 0.394. The van der Waals surface area contributed by atoms with Gasteiger partial charge in [0.1, 0.15) is 11.8 Å². The highest BCUT2D eigenvalue weighted by atomic mass is 35.5. The third-order valence-electron chi connectivity index (χ3n) is 1.90. The molecule has 1 rings (SSSR count). The fourth-order valence-corrected chi connectivity index (χ4v) is 1.33. The van der Waals surface area contributed by atoms with E-state index in [0.29, 0.717) is 35.8 Å². The molecule has 0 aliphatic rings. The number of nitrogens with zero attached hydrogens (tertiary/aromatic N) is 1. The first-order valence-electron chi connectivity index (χ1n) is 4.74. The van der Waals surface area contributed by atoms with E-state index >= 15 is 0 Å². The summed E-state index contributed by atoms with van der Waals surface area (Å²) in [6, 6.07) is 6.78. The summed E-state index contributed by atoms with van der Waals surface area (Å²) in [4.78, 5) is 10.5. The van der Waals surface area contributed by atoms with E-state index in [1.54, 1.807) is 18.2 Å². The molecule has 16 heavy (non-hydrogen) atoms. The van der Waals surface area contributed by atoms with Gasteiger partial charge >= 0.3 is 0 Å². The first-order chi connectivity index (χ1) is 7.63. The molecule has 0 saturated heterocycles. The number of hydrogen-bond donors (Lipinski definition) is 1. The molecule has 1 aromatic carbocycles. The lowest BCUT2D eigenvalue weighted by Crippen LogP contribution is -2.11. The van der Waals surface area contributed by atoms with Crippen LogP contribution in [0.25, 0.3) is 0 Å². The van der Waals surface area contributed by atoms with Gasteiger partial charge in [-0.15, -0.1) is 0 Å². The summed E-state index contributed by atoms with van der Waals surface area (Å²) in [7, 11) is 0. The molecule has 0 spiro atoms. The van der Waals surface area contributed by atoms with Crippen molar-refractivity contribution >= 4 is 17.5 Å². The molecular formula is C11H11ClN2O2. The van der Waals surface area contributed by atoms with Crippen molar-refractivity contribution in [2.24, 2.45) is 5.73 Å². The molecule has 0 aliphatic carbocycles. The minimum Gasteiger partial charge on any atom is -0.494 e. The maximum Gasteiger partial charge on any atom is 0.217 e. The quantitative estimate of drug-likeness (QED) is 0.796. The van der Waals surface area contributed by atoms with Crippen LogP contribution in [0.1, 0.15) is 18.4 Å². The molecule has 0 bridgehead atoms. The third kappa shape index (κ3) is 3.79. The Morgan fingerprint density at radius 3 is 2.88 bits per heavy atom. The Morgan fingerprint density at radius 2 is 2.31 bits per heavy atom. The first-order valence-corrected chi connectivity index (χ1v) is 5.12. The lowest BCUT2D eigenvalue weighted by molar-refractivity contribution is -0.118. The van der Waals surface area contributed by atoms with Crippen molar-refractivity contribution < 1.29 is 9.53 Å². The molecule has 5 heteroatoms. The Morgan fingerprint density at radius 1 is 1.56 bits per heavy atom. The van der Waals surface area contributed by atoms with Crippen LogP contribution in [0, 0.1) is 11.3 Å². The summed E-state index contributed by atoms with van der Waals surface area (Å²) in [5.41, 5.74) is 5.39. The Kier molecular flexibility index (Phi) is 4.62. The highest BCUT2D eigenvalue weighted by Crippen LogP contribution is 2.21. The van der Waals surface area contributed by atoms with Crippen LogP contribution in [-0.2, 0) is 4.79 Å². The van der Waals surface area contributed by atoms with Gasteiger partial charge in [0.15, 0.2) is 0 Å². The Labute approximate surface area is 98.6 Å². The predicted molar refractivity (Wildman–Crippen MR) is 60.1 cm³/mol. The average molecular weight is 239 g/mol. The van der Waals surface area contributed by atoms with Crippen LogP contribution >= 0.6 is 11.6 Å². The zero-order valence-corrected chi connectivity index (χ0v) is 9.33. The fourth-order valence-electron chi connectivity index (χ4n) is 1.11. The van der Waals surface area contributed by atoms with Crippen molar-refractivity contribution in [3.8, 4) is 11.8 Å².